The van der Waals surface area contributed by atoms with Gasteiger partial charge >= 0.3 is 0 Å². The van der Waals surface area contributed by atoms with Gasteiger partial charge in [-0.1, -0.05) is 0 Å². The van der Waals surface area contributed by atoms with Crippen molar-refractivity contribution >= 4 is 7.82 Å². The number of hydrogen-bond donors (Lipinski definition) is 3. The molecule has 0 atom stereocenters. The largest absolute Gasteiger partial charge is 0.822 e. The Hall–Kier alpha value is 1.25. The molecule has 0 saturated heterocycles. The minimum absolute atomic E-state index is 0. The second kappa shape index (κ2) is 12.0. The molecule has 0 amide bonds. The average molecular weight is 189 g/mol. The molecule has 0 saturated carbocycles. The smallest absolute Gasteiger partial charge is 0 e. The van der Waals surface area contributed by atoms with Crippen LogP contribution in [0.15, 0.2) is 0 Å². The van der Waals surface area contributed by atoms with E-state index < -0.39 is 7.82 Å². The van der Waals surface area contributed by atoms with Crippen LogP contribution in [-0.2, 0) is 4.57 Å². The molecule has 0 aliphatic heterocycles. The maximum Gasteiger partial charge on any atom is 0 e. The van der Waals surface area contributed by atoms with Gasteiger partial charge in [-0.25, -0.2) is 0 Å². The summed E-state index contributed by atoms with van der Waals surface area (Å²) in [6, 6.07) is 0. The van der Waals surface area contributed by atoms with Gasteiger partial charge in [0.2, 0.25) is 0 Å². The minimum atomic E-state index is -5.39. The molecule has 0 heterocycles. The van der Waals surface area contributed by atoms with Gasteiger partial charge < -0.3 is 37.7 Å². The predicted molar refractivity (Wildman–Crippen MR) is 25.6 cm³/mol. The van der Waals surface area contributed by atoms with E-state index in [2.05, 4.69) is 0 Å². The third-order valence-corrected chi connectivity index (χ3v) is 0. The Labute approximate surface area is 82.8 Å². The summed E-state index contributed by atoms with van der Waals surface area (Å²) in [6.45, 7) is 0. The van der Waals surface area contributed by atoms with E-state index in [4.69, 9.17) is 19.2 Å². The molecule has 0 aromatic carbocycles. The van der Waals surface area contributed by atoms with Gasteiger partial charge in [0.05, 0.1) is 0 Å². The van der Waals surface area contributed by atoms with Crippen LogP contribution >= 0.6 is 7.82 Å². The van der Waals surface area contributed by atoms with Crippen LogP contribution in [0.4, 0.5) is 0 Å². The van der Waals surface area contributed by atoms with E-state index in [1.54, 1.807) is 0 Å². The summed E-state index contributed by atoms with van der Waals surface area (Å²) in [7, 11) is -5.39. The van der Waals surface area contributed by atoms with E-state index in [-0.39, 0.29) is 56.2 Å². The summed E-state index contributed by atoms with van der Waals surface area (Å²) >= 11 is 0. The van der Waals surface area contributed by atoms with Gasteiger partial charge in [-0.2, -0.15) is 7.82 Å². The molecule has 0 rings (SSSR count). The molecule has 7 nitrogen and oxygen atoms in total. The molecule has 0 aromatic heterocycles. The molecule has 12 N–H and O–H groups in total. The molecule has 0 aromatic rings. The van der Waals surface area contributed by atoms with Crippen molar-refractivity contribution in [1.82, 2.24) is 18.5 Å². The number of quaternary nitrogens is 3. The Balaban J connectivity index is -0.0000000133. The SMILES string of the molecule is O=P([O-])([O-])[O-].[Ar].[NH4+].[NH4+].[NH4+]. The van der Waals surface area contributed by atoms with Gasteiger partial charge in [-0.3, -0.25) is 0 Å². The first-order chi connectivity index (χ1) is 2.00. The summed E-state index contributed by atoms with van der Waals surface area (Å²) in [6.07, 6.45) is 0. The van der Waals surface area contributed by atoms with Crippen molar-refractivity contribution in [3.8, 4) is 0 Å². The molecule has 0 spiro atoms. The Morgan fingerprint density at radius 3 is 0.889 bits per heavy atom. The fourth-order valence-electron chi connectivity index (χ4n) is 0. The van der Waals surface area contributed by atoms with Crippen molar-refractivity contribution in [2.75, 3.05) is 0 Å². The average Bonchev–Trinajstić information content (AvgIpc) is 0.722. The second-order valence-corrected chi connectivity index (χ2v) is 1.34. The Kier molecular flexibility index (Phi) is 42.3. The maximum atomic E-state index is 8.55. The maximum absolute atomic E-state index is 8.55. The molecule has 0 unspecified atom stereocenters. The van der Waals surface area contributed by atoms with E-state index in [0.29, 0.717) is 0 Å². The summed E-state index contributed by atoms with van der Waals surface area (Å²) in [5.41, 5.74) is 0. The van der Waals surface area contributed by atoms with Crippen LogP contribution in [0.5, 0.6) is 0 Å². The van der Waals surface area contributed by atoms with Crippen LogP contribution < -0.4 is 33.1 Å². The Bertz CT molecular complexity index is 61.9. The molecule has 0 fully saturated rings. The summed E-state index contributed by atoms with van der Waals surface area (Å²) < 4.78 is 8.55. The van der Waals surface area contributed by atoms with E-state index in [1.165, 1.54) is 0 Å². The van der Waals surface area contributed by atoms with Crippen LogP contribution in [0.3, 0.4) is 0 Å². The molecule has 0 bridgehead atoms. The van der Waals surface area contributed by atoms with Gasteiger partial charge in [0.1, 0.15) is 0 Å². The Morgan fingerprint density at radius 1 is 0.889 bits per heavy atom. The first-order valence-electron chi connectivity index (χ1n) is 0.730. The van der Waals surface area contributed by atoms with Crippen molar-refractivity contribution in [2.45, 2.75) is 0 Å². The van der Waals surface area contributed by atoms with Crippen molar-refractivity contribution in [1.29, 1.82) is 0 Å². The molecule has 0 radical (unpaired) electrons. The topological polar surface area (TPSA) is 196 Å². The summed E-state index contributed by atoms with van der Waals surface area (Å²) in [4.78, 5) is 25.6. The fourth-order valence-corrected chi connectivity index (χ4v) is 0. The molecular formula is H12ArN3O4P. The standard InChI is InChI=1S/Ar.3H3N.H3O4P/c;;;;1-5(2,3)4/h;3*1H3;(H3,1,2,3,4). The molecular weight excluding hydrogens is 177 g/mol. The van der Waals surface area contributed by atoms with E-state index in [0.717, 1.165) is 0 Å². The van der Waals surface area contributed by atoms with Gasteiger partial charge in [0.25, 0.3) is 0 Å². The summed E-state index contributed by atoms with van der Waals surface area (Å²) in [5, 5.41) is 0. The van der Waals surface area contributed by atoms with E-state index in [1.807, 2.05) is 0 Å². The van der Waals surface area contributed by atoms with Gasteiger partial charge in [-0.15, -0.1) is 0 Å². The second-order valence-electron chi connectivity index (χ2n) is 0.447. The molecule has 0 aliphatic carbocycles. The fraction of sp³-hybridized carbons (Fsp3) is 0. The summed E-state index contributed by atoms with van der Waals surface area (Å²) in [5.74, 6) is 0. The third kappa shape index (κ3) is 311. The van der Waals surface area contributed by atoms with Crippen LogP contribution in [0.1, 0.15) is 0 Å². The predicted octanol–water partition coefficient (Wildman–Crippen LogP) is -1.70. The number of phosphoric acid groups is 1. The number of rotatable bonds is 0. The normalized spacial score (nSPS) is 6.56. The minimum Gasteiger partial charge on any atom is -0.822 e. The van der Waals surface area contributed by atoms with Gasteiger partial charge in [0.15, 0.2) is 0 Å². The zero-order valence-corrected chi connectivity index (χ0v) is 7.04. The van der Waals surface area contributed by atoms with Crippen LogP contribution in [0, 0.1) is 37.7 Å². The van der Waals surface area contributed by atoms with Crippen molar-refractivity contribution in [2.24, 2.45) is 0 Å². The van der Waals surface area contributed by atoms with Crippen molar-refractivity contribution in [3.63, 3.8) is 0 Å². The van der Waals surface area contributed by atoms with Gasteiger partial charge in [0, 0.05) is 37.7 Å². The van der Waals surface area contributed by atoms with Crippen LogP contribution in [-0.4, -0.2) is 0 Å². The van der Waals surface area contributed by atoms with Gasteiger partial charge in [-0.05, 0) is 0 Å². The zero-order chi connectivity index (χ0) is 4.50. The first-order valence-corrected chi connectivity index (χ1v) is 2.19. The molecule has 9 heavy (non-hydrogen) atoms. The molecule has 64 valence electrons. The quantitative estimate of drug-likeness (QED) is 0.382. The molecule has 0 aliphatic rings. The monoisotopic (exact) mass is 189 g/mol. The Morgan fingerprint density at radius 2 is 0.889 bits per heavy atom. The number of hydrogen-bond acceptors (Lipinski definition) is 4. The van der Waals surface area contributed by atoms with Crippen molar-refractivity contribution < 1.29 is 57.0 Å². The van der Waals surface area contributed by atoms with E-state index in [9.17, 15) is 0 Å². The molecule has 9 heteroatoms. The van der Waals surface area contributed by atoms with E-state index >= 15 is 0 Å². The first kappa shape index (κ1) is 31.8. The zero-order valence-electron chi connectivity index (χ0n) is 5.43. The van der Waals surface area contributed by atoms with Crippen LogP contribution in [0.25, 0.3) is 0 Å². The van der Waals surface area contributed by atoms with Crippen molar-refractivity contribution in [3.05, 3.63) is 0 Å². The third-order valence-electron chi connectivity index (χ3n) is 0. The van der Waals surface area contributed by atoms with Crippen LogP contribution in [0.2, 0.25) is 0 Å².